The van der Waals surface area contributed by atoms with E-state index in [9.17, 15) is 0 Å². The van der Waals surface area contributed by atoms with Crippen molar-refractivity contribution in [2.24, 2.45) is 0 Å². The maximum atomic E-state index is 2.28. The van der Waals surface area contributed by atoms with Crippen LogP contribution >= 0.6 is 0 Å². The third-order valence-corrected chi connectivity index (χ3v) is 2.79. The first kappa shape index (κ1) is 10.7. The van der Waals surface area contributed by atoms with Gasteiger partial charge >= 0.3 is 0 Å². The molecule has 0 aliphatic carbocycles. The van der Waals surface area contributed by atoms with Crippen LogP contribution in [0.3, 0.4) is 0 Å². The normalized spacial score (nSPS) is 10.1. The van der Waals surface area contributed by atoms with Gasteiger partial charge in [0.05, 0.1) is 0 Å². The van der Waals surface area contributed by atoms with Crippen molar-refractivity contribution in [1.82, 2.24) is 0 Å². The summed E-state index contributed by atoms with van der Waals surface area (Å²) in [6.45, 7) is 3.10. The minimum absolute atomic E-state index is 0.950. The maximum Gasteiger partial charge on any atom is 0.0426 e. The molecule has 82 valence electrons. The Kier molecular flexibility index (Phi) is 3.25. The molecule has 0 radical (unpaired) electrons. The molecule has 0 heterocycles. The van der Waals surface area contributed by atoms with Crippen LogP contribution in [-0.2, 0) is 6.54 Å². The molecule has 16 heavy (non-hydrogen) atoms. The van der Waals surface area contributed by atoms with Gasteiger partial charge in [-0.05, 0) is 24.1 Å². The fourth-order valence-corrected chi connectivity index (χ4v) is 1.93. The van der Waals surface area contributed by atoms with Crippen molar-refractivity contribution in [1.29, 1.82) is 0 Å². The zero-order valence-electron chi connectivity index (χ0n) is 9.85. The topological polar surface area (TPSA) is 3.24 Å². The minimum Gasteiger partial charge on any atom is -0.370 e. The highest BCUT2D eigenvalue weighted by Gasteiger charge is 2.03. The Hall–Kier alpha value is -1.76. The van der Waals surface area contributed by atoms with E-state index in [0.717, 1.165) is 6.54 Å². The molecule has 2 aromatic carbocycles. The highest BCUT2D eigenvalue weighted by Crippen LogP contribution is 2.19. The van der Waals surface area contributed by atoms with Gasteiger partial charge in [0.2, 0.25) is 0 Å². The number of rotatable bonds is 3. The second-order valence-corrected chi connectivity index (χ2v) is 4.13. The monoisotopic (exact) mass is 211 g/mol. The van der Waals surface area contributed by atoms with E-state index in [4.69, 9.17) is 0 Å². The summed E-state index contributed by atoms with van der Waals surface area (Å²) in [5, 5.41) is 0. The number of aryl methyl sites for hydroxylation is 1. The van der Waals surface area contributed by atoms with E-state index in [1.165, 1.54) is 16.8 Å². The summed E-state index contributed by atoms with van der Waals surface area (Å²) in [5.41, 5.74) is 3.96. The van der Waals surface area contributed by atoms with Crippen molar-refractivity contribution in [2.45, 2.75) is 13.5 Å². The summed E-state index contributed by atoms with van der Waals surface area (Å²) >= 11 is 0. The van der Waals surface area contributed by atoms with Crippen LogP contribution in [0.15, 0.2) is 54.6 Å². The Morgan fingerprint density at radius 2 is 1.50 bits per heavy atom. The largest absolute Gasteiger partial charge is 0.370 e. The molecule has 0 aliphatic heterocycles. The molecule has 0 saturated carbocycles. The molecule has 0 aromatic heterocycles. The fourth-order valence-electron chi connectivity index (χ4n) is 1.93. The van der Waals surface area contributed by atoms with E-state index in [0.29, 0.717) is 0 Å². The first-order valence-corrected chi connectivity index (χ1v) is 5.58. The van der Waals surface area contributed by atoms with Crippen LogP contribution in [0.1, 0.15) is 11.1 Å². The van der Waals surface area contributed by atoms with Gasteiger partial charge in [0, 0.05) is 19.3 Å². The highest BCUT2D eigenvalue weighted by atomic mass is 15.1. The van der Waals surface area contributed by atoms with Gasteiger partial charge < -0.3 is 4.90 Å². The predicted octanol–water partition coefficient (Wildman–Crippen LogP) is 3.63. The van der Waals surface area contributed by atoms with E-state index in [1.54, 1.807) is 0 Å². The van der Waals surface area contributed by atoms with Gasteiger partial charge in [-0.15, -0.1) is 0 Å². The van der Waals surface area contributed by atoms with Crippen LogP contribution in [0.2, 0.25) is 0 Å². The van der Waals surface area contributed by atoms with Gasteiger partial charge in [-0.25, -0.2) is 0 Å². The lowest BCUT2D eigenvalue weighted by Gasteiger charge is -2.21. The number of hydrogen-bond acceptors (Lipinski definition) is 1. The molecule has 1 heteroatoms. The van der Waals surface area contributed by atoms with E-state index in [-0.39, 0.29) is 0 Å². The number of benzene rings is 2. The zero-order valence-corrected chi connectivity index (χ0v) is 9.85. The first-order valence-electron chi connectivity index (χ1n) is 5.58. The van der Waals surface area contributed by atoms with Crippen LogP contribution in [0.5, 0.6) is 0 Å². The molecule has 0 N–H and O–H groups in total. The number of anilines is 1. The predicted molar refractivity (Wildman–Crippen MR) is 69.7 cm³/mol. The van der Waals surface area contributed by atoms with Crippen LogP contribution in [0.4, 0.5) is 5.69 Å². The van der Waals surface area contributed by atoms with Gasteiger partial charge in [0.15, 0.2) is 0 Å². The molecule has 2 aromatic rings. The summed E-state index contributed by atoms with van der Waals surface area (Å²) in [5.74, 6) is 0. The quantitative estimate of drug-likeness (QED) is 0.749. The summed E-state index contributed by atoms with van der Waals surface area (Å²) in [7, 11) is 2.13. The number of nitrogens with zero attached hydrogens (tertiary/aromatic N) is 1. The molecular weight excluding hydrogens is 194 g/mol. The Bertz CT molecular complexity index is 448. The Morgan fingerprint density at radius 3 is 2.19 bits per heavy atom. The smallest absolute Gasteiger partial charge is 0.0426 e. The number of para-hydroxylation sites is 1. The molecule has 0 bridgehead atoms. The Labute approximate surface area is 97.3 Å². The molecule has 0 fully saturated rings. The van der Waals surface area contributed by atoms with Gasteiger partial charge in [0.1, 0.15) is 0 Å². The van der Waals surface area contributed by atoms with E-state index in [1.807, 2.05) is 0 Å². The van der Waals surface area contributed by atoms with Crippen LogP contribution in [0, 0.1) is 6.92 Å². The van der Waals surface area contributed by atoms with Crippen molar-refractivity contribution in [3.63, 3.8) is 0 Å². The highest BCUT2D eigenvalue weighted by molar-refractivity contribution is 5.52. The van der Waals surface area contributed by atoms with Crippen molar-refractivity contribution in [3.8, 4) is 0 Å². The van der Waals surface area contributed by atoms with E-state index < -0.39 is 0 Å². The fraction of sp³-hybridized carbons (Fsp3) is 0.200. The third-order valence-electron chi connectivity index (χ3n) is 2.79. The van der Waals surface area contributed by atoms with E-state index in [2.05, 4.69) is 73.5 Å². The van der Waals surface area contributed by atoms with Crippen molar-refractivity contribution < 1.29 is 0 Å². The second kappa shape index (κ2) is 4.84. The molecule has 1 nitrogen and oxygen atoms in total. The van der Waals surface area contributed by atoms with Crippen LogP contribution in [-0.4, -0.2) is 7.05 Å². The first-order chi connectivity index (χ1) is 7.77. The van der Waals surface area contributed by atoms with Gasteiger partial charge in [-0.3, -0.25) is 0 Å². The molecule has 0 amide bonds. The zero-order chi connectivity index (χ0) is 11.4. The summed E-state index contributed by atoms with van der Waals surface area (Å²) in [6, 6.07) is 19.0. The molecule has 0 aliphatic rings. The molecule has 0 spiro atoms. The summed E-state index contributed by atoms with van der Waals surface area (Å²) in [6.07, 6.45) is 0. The molecule has 0 unspecified atom stereocenters. The lowest BCUT2D eigenvalue weighted by molar-refractivity contribution is 0.917. The third kappa shape index (κ3) is 2.43. The van der Waals surface area contributed by atoms with Crippen LogP contribution < -0.4 is 4.90 Å². The Morgan fingerprint density at radius 1 is 0.875 bits per heavy atom. The standard InChI is InChI=1S/C15H17N/c1-13-8-6-7-11-15(13)16(2)12-14-9-4-3-5-10-14/h3-11H,12H2,1-2H3. The molecule has 2 rings (SSSR count). The summed E-state index contributed by atoms with van der Waals surface area (Å²) in [4.78, 5) is 2.28. The lowest BCUT2D eigenvalue weighted by atomic mass is 10.1. The Balaban J connectivity index is 2.15. The molecule has 0 saturated heterocycles. The van der Waals surface area contributed by atoms with Gasteiger partial charge in [-0.2, -0.15) is 0 Å². The second-order valence-electron chi connectivity index (χ2n) is 4.13. The van der Waals surface area contributed by atoms with Gasteiger partial charge in [0.25, 0.3) is 0 Å². The van der Waals surface area contributed by atoms with Crippen molar-refractivity contribution in [3.05, 3.63) is 65.7 Å². The van der Waals surface area contributed by atoms with Crippen LogP contribution in [0.25, 0.3) is 0 Å². The SMILES string of the molecule is Cc1ccccc1N(C)Cc1ccccc1. The van der Waals surface area contributed by atoms with E-state index >= 15 is 0 Å². The molecule has 0 atom stereocenters. The number of hydrogen-bond donors (Lipinski definition) is 0. The minimum atomic E-state index is 0.950. The lowest BCUT2D eigenvalue weighted by Crippen LogP contribution is -2.17. The summed E-state index contributed by atoms with van der Waals surface area (Å²) < 4.78 is 0. The maximum absolute atomic E-state index is 2.28. The average Bonchev–Trinajstić information content (AvgIpc) is 2.31. The average molecular weight is 211 g/mol. The van der Waals surface area contributed by atoms with Crippen molar-refractivity contribution >= 4 is 5.69 Å². The van der Waals surface area contributed by atoms with Gasteiger partial charge in [-0.1, -0.05) is 48.5 Å². The van der Waals surface area contributed by atoms with Crippen molar-refractivity contribution in [2.75, 3.05) is 11.9 Å². The molecular formula is C15H17N.